The molecule has 3 rings (SSSR count). The second kappa shape index (κ2) is 9.07. The average Bonchev–Trinajstić information content (AvgIpc) is 2.74. The lowest BCUT2D eigenvalue weighted by molar-refractivity contribution is 0.181. The van der Waals surface area contributed by atoms with Crippen LogP contribution in [0.2, 0.25) is 0 Å². The number of piperazine rings is 1. The second-order valence-corrected chi connectivity index (χ2v) is 9.34. The molecule has 0 N–H and O–H groups in total. The first-order chi connectivity index (χ1) is 13.4. The molecule has 0 unspecified atom stereocenters. The van der Waals surface area contributed by atoms with E-state index in [9.17, 15) is 8.42 Å². The van der Waals surface area contributed by atoms with Gasteiger partial charge in [-0.25, -0.2) is 8.42 Å². The maximum absolute atomic E-state index is 13.0. The molecule has 0 spiro atoms. The summed E-state index contributed by atoms with van der Waals surface area (Å²) in [6.07, 6.45) is 1.04. The highest BCUT2D eigenvalue weighted by Gasteiger charge is 2.28. The van der Waals surface area contributed by atoms with Crippen molar-refractivity contribution < 1.29 is 13.2 Å². The van der Waals surface area contributed by atoms with Gasteiger partial charge in [-0.1, -0.05) is 38.1 Å². The Kier molecular flexibility index (Phi) is 6.75. The lowest BCUT2D eigenvalue weighted by atomic mass is 9.99. The predicted octanol–water partition coefficient (Wildman–Crippen LogP) is 3.72. The second-order valence-electron chi connectivity index (χ2n) is 7.41. The van der Waals surface area contributed by atoms with Crippen molar-refractivity contribution >= 4 is 10.0 Å². The largest absolute Gasteiger partial charge is 0.497 e. The first-order valence-electron chi connectivity index (χ1n) is 9.89. The van der Waals surface area contributed by atoms with E-state index in [1.54, 1.807) is 23.5 Å². The number of hydrogen-bond donors (Lipinski definition) is 0. The summed E-state index contributed by atoms with van der Waals surface area (Å²) in [7, 11) is -1.77. The normalized spacial score (nSPS) is 17.4. The van der Waals surface area contributed by atoms with Crippen LogP contribution in [0.25, 0.3) is 0 Å². The van der Waals surface area contributed by atoms with Crippen molar-refractivity contribution in [1.29, 1.82) is 0 Å². The third-order valence-electron chi connectivity index (χ3n) is 5.60. The van der Waals surface area contributed by atoms with Gasteiger partial charge in [-0.3, -0.25) is 4.90 Å². The van der Waals surface area contributed by atoms with E-state index in [1.165, 1.54) is 11.1 Å². The Bertz CT molecular complexity index is 856. The maximum Gasteiger partial charge on any atom is 0.243 e. The lowest BCUT2D eigenvalue weighted by Crippen LogP contribution is -2.48. The van der Waals surface area contributed by atoms with Crippen molar-refractivity contribution in [3.63, 3.8) is 0 Å². The quantitative estimate of drug-likeness (QED) is 0.708. The smallest absolute Gasteiger partial charge is 0.243 e. The molecule has 0 amide bonds. The van der Waals surface area contributed by atoms with Gasteiger partial charge in [0.1, 0.15) is 5.75 Å². The summed E-state index contributed by atoms with van der Waals surface area (Å²) < 4.78 is 32.7. The fourth-order valence-corrected chi connectivity index (χ4v) is 4.89. The third kappa shape index (κ3) is 4.74. The van der Waals surface area contributed by atoms with Crippen LogP contribution in [0.1, 0.15) is 37.3 Å². The Labute approximate surface area is 169 Å². The number of methoxy groups -OCH3 is 1. The van der Waals surface area contributed by atoms with Crippen molar-refractivity contribution in [2.24, 2.45) is 0 Å². The van der Waals surface area contributed by atoms with Crippen LogP contribution in [0.5, 0.6) is 5.75 Å². The third-order valence-corrected chi connectivity index (χ3v) is 7.51. The number of nitrogens with zero attached hydrogens (tertiary/aromatic N) is 2. The molecule has 1 saturated heterocycles. The highest BCUT2D eigenvalue weighted by Crippen LogP contribution is 2.23. The molecule has 2 aromatic carbocycles. The van der Waals surface area contributed by atoms with Crippen LogP contribution < -0.4 is 4.74 Å². The highest BCUT2D eigenvalue weighted by atomic mass is 32.2. The van der Waals surface area contributed by atoms with E-state index in [4.69, 9.17) is 4.74 Å². The lowest BCUT2D eigenvalue weighted by Gasteiger charge is -2.34. The van der Waals surface area contributed by atoms with E-state index in [0.717, 1.165) is 31.8 Å². The van der Waals surface area contributed by atoms with Crippen LogP contribution in [0, 0.1) is 0 Å². The van der Waals surface area contributed by atoms with E-state index in [0.29, 0.717) is 23.9 Å². The van der Waals surface area contributed by atoms with Crippen LogP contribution in [0.4, 0.5) is 0 Å². The number of hydrogen-bond acceptors (Lipinski definition) is 4. The molecule has 1 atom stereocenters. The Balaban J connectivity index is 1.59. The Morgan fingerprint density at radius 2 is 1.57 bits per heavy atom. The Morgan fingerprint density at radius 1 is 0.964 bits per heavy atom. The molecule has 1 heterocycles. The number of ether oxygens (including phenoxy) is 1. The molecule has 0 aliphatic carbocycles. The van der Waals surface area contributed by atoms with Crippen LogP contribution in [0.15, 0.2) is 53.4 Å². The van der Waals surface area contributed by atoms with Gasteiger partial charge < -0.3 is 4.74 Å². The van der Waals surface area contributed by atoms with Crippen molar-refractivity contribution in [3.05, 3.63) is 59.7 Å². The molecule has 0 saturated carbocycles. The molecule has 28 heavy (non-hydrogen) atoms. The van der Waals surface area contributed by atoms with E-state index in [1.807, 2.05) is 24.3 Å². The summed E-state index contributed by atoms with van der Waals surface area (Å²) in [5, 5.41) is 0. The van der Waals surface area contributed by atoms with Gasteiger partial charge in [-0.15, -0.1) is 0 Å². The zero-order valence-corrected chi connectivity index (χ0v) is 17.8. The van der Waals surface area contributed by atoms with Gasteiger partial charge in [0.05, 0.1) is 12.0 Å². The minimum Gasteiger partial charge on any atom is -0.497 e. The van der Waals surface area contributed by atoms with Gasteiger partial charge in [0.15, 0.2) is 0 Å². The van der Waals surface area contributed by atoms with E-state index in [2.05, 4.69) is 30.9 Å². The Hall–Kier alpha value is -1.89. The van der Waals surface area contributed by atoms with Crippen molar-refractivity contribution in [2.45, 2.75) is 37.6 Å². The maximum atomic E-state index is 13.0. The van der Waals surface area contributed by atoms with E-state index < -0.39 is 10.0 Å². The van der Waals surface area contributed by atoms with Gasteiger partial charge in [-0.2, -0.15) is 4.31 Å². The number of rotatable bonds is 7. The molecule has 152 valence electrons. The minimum atomic E-state index is -3.43. The van der Waals surface area contributed by atoms with Crippen LogP contribution in [-0.2, 0) is 16.6 Å². The minimum absolute atomic E-state index is 0.392. The topological polar surface area (TPSA) is 49.9 Å². The van der Waals surface area contributed by atoms with Gasteiger partial charge in [0, 0.05) is 32.7 Å². The van der Waals surface area contributed by atoms with Crippen LogP contribution in [0.3, 0.4) is 0 Å². The van der Waals surface area contributed by atoms with Crippen molar-refractivity contribution in [1.82, 2.24) is 9.21 Å². The van der Waals surface area contributed by atoms with Gasteiger partial charge in [0.25, 0.3) is 0 Å². The molecule has 1 aliphatic rings. The standard InChI is InChI=1S/C22H30N2O3S/c1-4-18(2)20-7-11-22(12-8-20)28(25,26)24-15-13-23(14-16-24)17-19-5-9-21(27-3)10-6-19/h5-12,18H,4,13-17H2,1-3H3/t18-/m1/s1. The summed E-state index contributed by atoms with van der Waals surface area (Å²) in [5.74, 6) is 1.29. The van der Waals surface area contributed by atoms with Crippen molar-refractivity contribution in [2.75, 3.05) is 33.3 Å². The average molecular weight is 403 g/mol. The first kappa shape index (κ1) is 20.8. The van der Waals surface area contributed by atoms with Gasteiger partial charge in [0.2, 0.25) is 10.0 Å². The first-order valence-corrected chi connectivity index (χ1v) is 11.3. The van der Waals surface area contributed by atoms with E-state index in [-0.39, 0.29) is 0 Å². The fraction of sp³-hybridized carbons (Fsp3) is 0.455. The molecule has 2 aromatic rings. The molecule has 0 aromatic heterocycles. The van der Waals surface area contributed by atoms with Gasteiger partial charge in [-0.05, 0) is 47.7 Å². The monoisotopic (exact) mass is 402 g/mol. The summed E-state index contributed by atoms with van der Waals surface area (Å²) in [6.45, 7) is 7.62. The number of benzene rings is 2. The summed E-state index contributed by atoms with van der Waals surface area (Å²) >= 11 is 0. The summed E-state index contributed by atoms with van der Waals surface area (Å²) in [4.78, 5) is 2.68. The van der Waals surface area contributed by atoms with Crippen LogP contribution in [-0.4, -0.2) is 50.9 Å². The van der Waals surface area contributed by atoms with Crippen molar-refractivity contribution in [3.8, 4) is 5.75 Å². The zero-order chi connectivity index (χ0) is 20.1. The number of sulfonamides is 1. The summed E-state index contributed by atoms with van der Waals surface area (Å²) in [6, 6.07) is 15.4. The fourth-order valence-electron chi connectivity index (χ4n) is 3.47. The molecule has 1 aliphatic heterocycles. The van der Waals surface area contributed by atoms with Crippen LogP contribution >= 0.6 is 0 Å². The molecule has 0 bridgehead atoms. The van der Waals surface area contributed by atoms with E-state index >= 15 is 0 Å². The Morgan fingerprint density at radius 3 is 2.11 bits per heavy atom. The summed E-state index contributed by atoms with van der Waals surface area (Å²) in [5.41, 5.74) is 2.39. The SMILES string of the molecule is CC[C@@H](C)c1ccc(S(=O)(=O)N2CCN(Cc3ccc(OC)cc3)CC2)cc1. The molecular weight excluding hydrogens is 372 g/mol. The zero-order valence-electron chi connectivity index (χ0n) is 17.0. The highest BCUT2D eigenvalue weighted by molar-refractivity contribution is 7.89. The molecule has 1 fully saturated rings. The predicted molar refractivity (Wildman–Crippen MR) is 112 cm³/mol. The van der Waals surface area contributed by atoms with Gasteiger partial charge >= 0.3 is 0 Å². The molecular formula is C22H30N2O3S. The molecule has 5 nitrogen and oxygen atoms in total. The molecule has 6 heteroatoms. The molecule has 0 radical (unpaired) electrons.